The van der Waals surface area contributed by atoms with Crippen LogP contribution in [0.5, 0.6) is 0 Å². The van der Waals surface area contributed by atoms with Gasteiger partial charge in [0.2, 0.25) is 0 Å². The van der Waals surface area contributed by atoms with Gasteiger partial charge in [0.25, 0.3) is 5.91 Å². The van der Waals surface area contributed by atoms with Crippen LogP contribution < -0.4 is 5.32 Å². The van der Waals surface area contributed by atoms with Gasteiger partial charge in [0.1, 0.15) is 0 Å². The summed E-state index contributed by atoms with van der Waals surface area (Å²) in [6.07, 6.45) is 7.31. The van der Waals surface area contributed by atoms with Crippen LogP contribution in [0.15, 0.2) is 6.20 Å². The SMILES string of the molecule is C[C@@H](NC(=O)c1nn(C)cc1I)[C@H]1C[C@H]2CC[C@H]1C2. The lowest BCUT2D eigenvalue weighted by molar-refractivity contribution is 0.0908. The Kier molecular flexibility index (Phi) is 3.57. The summed E-state index contributed by atoms with van der Waals surface area (Å²) in [7, 11) is 1.85. The van der Waals surface area contributed by atoms with Crippen molar-refractivity contribution in [1.29, 1.82) is 0 Å². The van der Waals surface area contributed by atoms with E-state index in [0.717, 1.165) is 15.4 Å². The van der Waals surface area contributed by atoms with Crippen molar-refractivity contribution in [2.45, 2.75) is 38.6 Å². The second-order valence-electron chi connectivity index (χ2n) is 6.10. The number of halogens is 1. The van der Waals surface area contributed by atoms with Crippen molar-refractivity contribution in [3.8, 4) is 0 Å². The molecule has 4 atom stereocenters. The third-order valence-corrected chi connectivity index (χ3v) is 5.58. The average Bonchev–Trinajstić information content (AvgIpc) is 3.03. The lowest BCUT2D eigenvalue weighted by Crippen LogP contribution is -2.40. The summed E-state index contributed by atoms with van der Waals surface area (Å²) in [4.78, 5) is 12.3. The van der Waals surface area contributed by atoms with E-state index in [1.807, 2.05) is 13.2 Å². The summed E-state index contributed by atoms with van der Waals surface area (Å²) in [6.45, 7) is 2.15. The second kappa shape index (κ2) is 5.07. The second-order valence-corrected chi connectivity index (χ2v) is 7.26. The predicted octanol–water partition coefficient (Wildman–Crippen LogP) is 2.58. The largest absolute Gasteiger partial charge is 0.348 e. The molecule has 0 unspecified atom stereocenters. The normalized spacial score (nSPS) is 30.6. The lowest BCUT2D eigenvalue weighted by atomic mass is 9.84. The fourth-order valence-corrected chi connectivity index (χ4v) is 4.66. The van der Waals surface area contributed by atoms with Gasteiger partial charge in [-0.15, -0.1) is 0 Å². The summed E-state index contributed by atoms with van der Waals surface area (Å²) in [6, 6.07) is 0.264. The van der Waals surface area contributed by atoms with Crippen molar-refractivity contribution in [2.75, 3.05) is 0 Å². The van der Waals surface area contributed by atoms with Crippen LogP contribution in [0.4, 0.5) is 0 Å². The Morgan fingerprint density at radius 2 is 2.32 bits per heavy atom. The van der Waals surface area contributed by atoms with Crippen molar-refractivity contribution in [2.24, 2.45) is 24.8 Å². The number of aromatic nitrogens is 2. The topological polar surface area (TPSA) is 46.9 Å². The zero-order chi connectivity index (χ0) is 13.6. The smallest absolute Gasteiger partial charge is 0.273 e. The van der Waals surface area contributed by atoms with Crippen molar-refractivity contribution in [3.05, 3.63) is 15.5 Å². The van der Waals surface area contributed by atoms with E-state index in [1.54, 1.807) is 4.68 Å². The van der Waals surface area contributed by atoms with Gasteiger partial charge >= 0.3 is 0 Å². The van der Waals surface area contributed by atoms with Crippen LogP contribution >= 0.6 is 22.6 Å². The van der Waals surface area contributed by atoms with Gasteiger partial charge in [-0.2, -0.15) is 5.10 Å². The standard InChI is InChI=1S/C14H20IN3O/c1-8(11-6-9-3-4-10(11)5-9)16-14(19)13-12(15)7-18(2)17-13/h7-11H,3-6H2,1-2H3,(H,16,19)/t8-,9+,10+,11-/m1/s1. The Bertz CT molecular complexity index is 499. The predicted molar refractivity (Wildman–Crippen MR) is 81.8 cm³/mol. The molecular formula is C14H20IN3O. The molecule has 1 N–H and O–H groups in total. The summed E-state index contributed by atoms with van der Waals surface area (Å²) in [5, 5.41) is 7.39. The van der Waals surface area contributed by atoms with E-state index in [4.69, 9.17) is 0 Å². The van der Waals surface area contributed by atoms with Crippen LogP contribution in [-0.2, 0) is 7.05 Å². The minimum atomic E-state index is -0.0275. The summed E-state index contributed by atoms with van der Waals surface area (Å²) in [5.41, 5.74) is 0.554. The molecule has 1 aromatic rings. The van der Waals surface area contributed by atoms with Gasteiger partial charge in [0.15, 0.2) is 5.69 Å². The molecule has 1 heterocycles. The molecule has 3 rings (SSSR count). The first-order chi connectivity index (χ1) is 9.04. The van der Waals surface area contributed by atoms with E-state index in [9.17, 15) is 4.79 Å². The van der Waals surface area contributed by atoms with E-state index in [1.165, 1.54) is 25.7 Å². The Balaban J connectivity index is 1.65. The summed E-state index contributed by atoms with van der Waals surface area (Å²) in [5.74, 6) is 2.40. The first kappa shape index (κ1) is 13.4. The van der Waals surface area contributed by atoms with Gasteiger partial charge in [0, 0.05) is 19.3 Å². The van der Waals surface area contributed by atoms with Gasteiger partial charge in [-0.1, -0.05) is 6.42 Å². The van der Waals surface area contributed by atoms with Gasteiger partial charge < -0.3 is 5.32 Å². The number of rotatable bonds is 3. The van der Waals surface area contributed by atoms with Crippen LogP contribution in [0, 0.1) is 21.3 Å². The molecule has 5 heteroatoms. The zero-order valence-electron chi connectivity index (χ0n) is 11.4. The molecule has 4 nitrogen and oxygen atoms in total. The molecule has 1 amide bonds. The van der Waals surface area contributed by atoms with Gasteiger partial charge in [-0.3, -0.25) is 9.48 Å². The summed E-state index contributed by atoms with van der Waals surface area (Å²) >= 11 is 2.17. The summed E-state index contributed by atoms with van der Waals surface area (Å²) < 4.78 is 2.61. The van der Waals surface area contributed by atoms with Gasteiger partial charge in [0.05, 0.1) is 3.57 Å². The zero-order valence-corrected chi connectivity index (χ0v) is 13.6. The first-order valence-electron chi connectivity index (χ1n) is 7.04. The van der Waals surface area contributed by atoms with Crippen LogP contribution in [0.2, 0.25) is 0 Å². The molecule has 0 aliphatic heterocycles. The minimum Gasteiger partial charge on any atom is -0.348 e. The molecule has 2 aliphatic rings. The highest BCUT2D eigenvalue weighted by atomic mass is 127. The Hall–Kier alpha value is -0.590. The molecule has 19 heavy (non-hydrogen) atoms. The highest BCUT2D eigenvalue weighted by molar-refractivity contribution is 14.1. The minimum absolute atomic E-state index is 0.0275. The number of aryl methyl sites for hydroxylation is 1. The van der Waals surface area contributed by atoms with Crippen LogP contribution in [-0.4, -0.2) is 21.7 Å². The number of carbonyl (C=O) groups is 1. The number of nitrogens with one attached hydrogen (secondary N) is 1. The number of amides is 1. The van der Waals surface area contributed by atoms with E-state index in [-0.39, 0.29) is 11.9 Å². The van der Waals surface area contributed by atoms with Crippen LogP contribution in [0.3, 0.4) is 0 Å². The molecule has 2 saturated carbocycles. The average molecular weight is 373 g/mol. The maximum atomic E-state index is 12.3. The molecule has 0 radical (unpaired) electrons. The quantitative estimate of drug-likeness (QED) is 0.828. The van der Waals surface area contributed by atoms with Crippen LogP contribution in [0.25, 0.3) is 0 Å². The fraction of sp³-hybridized carbons (Fsp3) is 0.714. The molecule has 2 bridgehead atoms. The fourth-order valence-electron chi connectivity index (χ4n) is 3.90. The number of carbonyl (C=O) groups excluding carboxylic acids is 1. The lowest BCUT2D eigenvalue weighted by Gasteiger charge is -2.28. The van der Waals surface area contributed by atoms with Crippen molar-refractivity contribution in [1.82, 2.24) is 15.1 Å². The molecule has 104 valence electrons. The highest BCUT2D eigenvalue weighted by Crippen LogP contribution is 2.49. The molecule has 1 aromatic heterocycles. The molecule has 0 aromatic carbocycles. The third-order valence-electron chi connectivity index (χ3n) is 4.79. The maximum Gasteiger partial charge on any atom is 0.273 e. The molecule has 0 spiro atoms. The van der Waals surface area contributed by atoms with Crippen LogP contribution in [0.1, 0.15) is 43.1 Å². The van der Waals surface area contributed by atoms with Gasteiger partial charge in [-0.25, -0.2) is 0 Å². The van der Waals surface area contributed by atoms with Crippen molar-refractivity contribution in [3.63, 3.8) is 0 Å². The van der Waals surface area contributed by atoms with E-state index in [2.05, 4.69) is 39.9 Å². The Morgan fingerprint density at radius 3 is 2.84 bits per heavy atom. The van der Waals surface area contributed by atoms with Crippen molar-refractivity contribution < 1.29 is 4.79 Å². The Labute approximate surface area is 127 Å². The first-order valence-corrected chi connectivity index (χ1v) is 8.12. The molecule has 2 aliphatic carbocycles. The van der Waals surface area contributed by atoms with E-state index < -0.39 is 0 Å². The number of nitrogens with zero attached hydrogens (tertiary/aromatic N) is 2. The third kappa shape index (κ3) is 2.53. The highest BCUT2D eigenvalue weighted by Gasteiger charge is 2.42. The molecule has 0 saturated heterocycles. The van der Waals surface area contributed by atoms with E-state index in [0.29, 0.717) is 11.6 Å². The van der Waals surface area contributed by atoms with Gasteiger partial charge in [-0.05, 0) is 66.5 Å². The number of hydrogen-bond acceptors (Lipinski definition) is 2. The van der Waals surface area contributed by atoms with Crippen molar-refractivity contribution >= 4 is 28.5 Å². The maximum absolute atomic E-state index is 12.3. The molecule has 2 fully saturated rings. The molecular weight excluding hydrogens is 353 g/mol. The Morgan fingerprint density at radius 1 is 1.53 bits per heavy atom. The number of fused-ring (bicyclic) bond motifs is 2. The monoisotopic (exact) mass is 373 g/mol. The van der Waals surface area contributed by atoms with E-state index >= 15 is 0 Å². The number of hydrogen-bond donors (Lipinski definition) is 1.